The lowest BCUT2D eigenvalue weighted by Crippen LogP contribution is -1.84. The minimum Gasteiger partial charge on any atom is -0.0836 e. The molecule has 60 valence electrons. The van der Waals surface area contributed by atoms with Crippen LogP contribution in [0, 0.1) is 0 Å². The van der Waals surface area contributed by atoms with Crippen molar-refractivity contribution in [1.82, 2.24) is 0 Å². The van der Waals surface area contributed by atoms with Crippen molar-refractivity contribution in [2.45, 2.75) is 12.8 Å². The number of rotatable bonds is 1. The van der Waals surface area contributed by atoms with Gasteiger partial charge in [0.1, 0.15) is 0 Å². The summed E-state index contributed by atoms with van der Waals surface area (Å²) in [6.07, 6.45) is 9.12. The first-order chi connectivity index (χ1) is 5.97. The van der Waals surface area contributed by atoms with E-state index >= 15 is 0 Å². The van der Waals surface area contributed by atoms with E-state index < -0.39 is 0 Å². The van der Waals surface area contributed by atoms with Gasteiger partial charge in [-0.3, -0.25) is 0 Å². The van der Waals surface area contributed by atoms with Crippen LogP contribution in [-0.2, 0) is 0 Å². The van der Waals surface area contributed by atoms with E-state index in [1.807, 2.05) is 0 Å². The van der Waals surface area contributed by atoms with Crippen LogP contribution >= 0.6 is 0 Å². The van der Waals surface area contributed by atoms with Gasteiger partial charge in [0.2, 0.25) is 0 Å². The molecule has 0 aliphatic heterocycles. The Balaban J connectivity index is 2.31. The fourth-order valence-electron chi connectivity index (χ4n) is 1.46. The Kier molecular flexibility index (Phi) is 2.08. The molecule has 1 aliphatic rings. The van der Waals surface area contributed by atoms with Crippen molar-refractivity contribution >= 4 is 5.57 Å². The first-order valence-corrected chi connectivity index (χ1v) is 4.39. The zero-order valence-corrected chi connectivity index (χ0v) is 7.03. The van der Waals surface area contributed by atoms with Crippen molar-refractivity contribution in [3.05, 3.63) is 54.1 Å². The minimum atomic E-state index is 1.18. The van der Waals surface area contributed by atoms with E-state index in [0.717, 1.165) is 0 Å². The van der Waals surface area contributed by atoms with Crippen molar-refractivity contribution in [3.8, 4) is 0 Å². The van der Waals surface area contributed by atoms with Crippen LogP contribution in [0.2, 0.25) is 0 Å². The minimum absolute atomic E-state index is 1.18. The number of benzene rings is 1. The highest BCUT2D eigenvalue weighted by atomic mass is 14.0. The molecule has 0 bridgehead atoms. The monoisotopic (exact) mass is 156 g/mol. The van der Waals surface area contributed by atoms with Crippen LogP contribution in [0.1, 0.15) is 18.4 Å². The second-order valence-electron chi connectivity index (χ2n) is 3.01. The molecule has 12 heavy (non-hydrogen) atoms. The van der Waals surface area contributed by atoms with Crippen molar-refractivity contribution < 1.29 is 0 Å². The number of hydrogen-bond donors (Lipinski definition) is 0. The molecule has 0 aromatic heterocycles. The first-order valence-electron chi connectivity index (χ1n) is 4.39. The SMILES string of the molecule is C1=CC(c2ccccc2)=CCC1. The Bertz CT molecular complexity index is 304. The van der Waals surface area contributed by atoms with E-state index in [0.29, 0.717) is 0 Å². The van der Waals surface area contributed by atoms with Gasteiger partial charge in [0, 0.05) is 0 Å². The number of hydrogen-bond acceptors (Lipinski definition) is 0. The Hall–Kier alpha value is -1.30. The van der Waals surface area contributed by atoms with Gasteiger partial charge < -0.3 is 0 Å². The van der Waals surface area contributed by atoms with Crippen molar-refractivity contribution in [2.24, 2.45) is 0 Å². The molecule has 0 saturated heterocycles. The molecule has 1 aromatic rings. The molecular weight excluding hydrogens is 144 g/mol. The summed E-state index contributed by atoms with van der Waals surface area (Å²) in [6.45, 7) is 0. The Labute approximate surface area is 73.2 Å². The van der Waals surface area contributed by atoms with Gasteiger partial charge in [-0.25, -0.2) is 0 Å². The topological polar surface area (TPSA) is 0 Å². The molecular formula is C12H12. The summed E-state index contributed by atoms with van der Waals surface area (Å²) >= 11 is 0. The van der Waals surface area contributed by atoms with Crippen molar-refractivity contribution in [1.29, 1.82) is 0 Å². The average Bonchev–Trinajstić information content (AvgIpc) is 2.21. The van der Waals surface area contributed by atoms with Crippen LogP contribution in [-0.4, -0.2) is 0 Å². The van der Waals surface area contributed by atoms with Gasteiger partial charge in [-0.05, 0) is 24.0 Å². The molecule has 0 fully saturated rings. The molecule has 2 rings (SSSR count). The summed E-state index contributed by atoms with van der Waals surface area (Å²) in [5, 5.41) is 0. The molecule has 0 heteroatoms. The summed E-state index contributed by atoms with van der Waals surface area (Å²) < 4.78 is 0. The Morgan fingerprint density at radius 3 is 2.42 bits per heavy atom. The van der Waals surface area contributed by atoms with Crippen LogP contribution < -0.4 is 0 Å². The molecule has 0 heterocycles. The largest absolute Gasteiger partial charge is 0.0836 e. The van der Waals surface area contributed by atoms with Gasteiger partial charge in [-0.15, -0.1) is 0 Å². The zero-order valence-electron chi connectivity index (χ0n) is 7.03. The summed E-state index contributed by atoms with van der Waals surface area (Å²) in [7, 11) is 0. The molecule has 0 unspecified atom stereocenters. The fourth-order valence-corrected chi connectivity index (χ4v) is 1.46. The normalized spacial score (nSPS) is 15.8. The lowest BCUT2D eigenvalue weighted by atomic mass is 10.00. The smallest absolute Gasteiger partial charge is 0.0187 e. The summed E-state index contributed by atoms with van der Waals surface area (Å²) in [4.78, 5) is 0. The molecule has 0 radical (unpaired) electrons. The molecule has 0 nitrogen and oxygen atoms in total. The van der Waals surface area contributed by atoms with E-state index in [2.05, 4.69) is 48.6 Å². The molecule has 1 aromatic carbocycles. The zero-order chi connectivity index (χ0) is 8.23. The van der Waals surface area contributed by atoms with Crippen LogP contribution in [0.5, 0.6) is 0 Å². The van der Waals surface area contributed by atoms with Crippen LogP contribution in [0.3, 0.4) is 0 Å². The highest BCUT2D eigenvalue weighted by Crippen LogP contribution is 2.20. The Morgan fingerprint density at radius 2 is 1.75 bits per heavy atom. The lowest BCUT2D eigenvalue weighted by molar-refractivity contribution is 1.04. The van der Waals surface area contributed by atoms with E-state index in [4.69, 9.17) is 0 Å². The molecule has 1 aliphatic carbocycles. The second kappa shape index (κ2) is 3.40. The third-order valence-corrected chi connectivity index (χ3v) is 2.10. The van der Waals surface area contributed by atoms with Crippen LogP contribution in [0.25, 0.3) is 5.57 Å². The first kappa shape index (κ1) is 7.35. The summed E-state index contributed by atoms with van der Waals surface area (Å²) in [5.41, 5.74) is 2.69. The van der Waals surface area contributed by atoms with E-state index in [9.17, 15) is 0 Å². The van der Waals surface area contributed by atoms with Crippen LogP contribution in [0.4, 0.5) is 0 Å². The van der Waals surface area contributed by atoms with E-state index in [1.165, 1.54) is 24.0 Å². The molecule has 0 N–H and O–H groups in total. The van der Waals surface area contributed by atoms with Gasteiger partial charge in [-0.2, -0.15) is 0 Å². The highest BCUT2D eigenvalue weighted by molar-refractivity contribution is 5.74. The molecule has 0 atom stereocenters. The maximum atomic E-state index is 2.30. The maximum absolute atomic E-state index is 2.30. The van der Waals surface area contributed by atoms with Gasteiger partial charge >= 0.3 is 0 Å². The predicted octanol–water partition coefficient (Wildman–Crippen LogP) is 3.42. The van der Waals surface area contributed by atoms with E-state index in [1.54, 1.807) is 0 Å². The summed E-state index contributed by atoms with van der Waals surface area (Å²) in [5.74, 6) is 0. The third kappa shape index (κ3) is 1.48. The Morgan fingerprint density at radius 1 is 0.917 bits per heavy atom. The third-order valence-electron chi connectivity index (χ3n) is 2.10. The number of allylic oxidation sites excluding steroid dienone is 4. The van der Waals surface area contributed by atoms with Crippen molar-refractivity contribution in [2.75, 3.05) is 0 Å². The lowest BCUT2D eigenvalue weighted by Gasteiger charge is -2.05. The fraction of sp³-hybridized carbons (Fsp3) is 0.167. The van der Waals surface area contributed by atoms with Gasteiger partial charge in [-0.1, -0.05) is 48.6 Å². The molecule has 0 amide bonds. The van der Waals surface area contributed by atoms with Crippen LogP contribution in [0.15, 0.2) is 48.6 Å². The summed E-state index contributed by atoms with van der Waals surface area (Å²) in [6, 6.07) is 10.5. The molecule has 0 saturated carbocycles. The second-order valence-corrected chi connectivity index (χ2v) is 3.01. The predicted molar refractivity (Wildman–Crippen MR) is 52.8 cm³/mol. The average molecular weight is 156 g/mol. The van der Waals surface area contributed by atoms with Gasteiger partial charge in [0.15, 0.2) is 0 Å². The standard InChI is InChI=1S/C12H12/c1-3-7-11(8-4-1)12-9-5-2-6-10-12/h1,3-5,7-10H,2,6H2. The van der Waals surface area contributed by atoms with Gasteiger partial charge in [0.05, 0.1) is 0 Å². The molecule has 0 spiro atoms. The van der Waals surface area contributed by atoms with Gasteiger partial charge in [0.25, 0.3) is 0 Å². The van der Waals surface area contributed by atoms with Crippen molar-refractivity contribution in [3.63, 3.8) is 0 Å². The quantitative estimate of drug-likeness (QED) is 0.584. The van der Waals surface area contributed by atoms with E-state index in [-0.39, 0.29) is 0 Å². The highest BCUT2D eigenvalue weighted by Gasteiger charge is 1.98. The maximum Gasteiger partial charge on any atom is -0.0187 e.